The molecule has 0 unspecified atom stereocenters. The van der Waals surface area contributed by atoms with E-state index < -0.39 is 12.0 Å². The van der Waals surface area contributed by atoms with E-state index in [1.807, 2.05) is 24.3 Å². The van der Waals surface area contributed by atoms with Crippen LogP contribution in [0.3, 0.4) is 0 Å². The number of nitrogens with one attached hydrogen (secondary N) is 2. The van der Waals surface area contributed by atoms with Crippen molar-refractivity contribution in [2.24, 2.45) is 0 Å². The predicted molar refractivity (Wildman–Crippen MR) is 91.7 cm³/mol. The maximum Gasteiger partial charge on any atom is 0.338 e. The van der Waals surface area contributed by atoms with Gasteiger partial charge in [0.1, 0.15) is 0 Å². The molecule has 0 radical (unpaired) electrons. The van der Waals surface area contributed by atoms with Crippen LogP contribution in [0.2, 0.25) is 0 Å². The molecule has 1 heterocycles. The van der Waals surface area contributed by atoms with E-state index in [0.717, 1.165) is 29.3 Å². The van der Waals surface area contributed by atoms with Crippen LogP contribution in [0, 0.1) is 0 Å². The van der Waals surface area contributed by atoms with E-state index in [1.54, 1.807) is 6.92 Å². The molecule has 5 nitrogen and oxygen atoms in total. The Bertz CT molecular complexity index is 628. The molecule has 1 aromatic carbocycles. The summed E-state index contributed by atoms with van der Waals surface area (Å²) in [6.07, 6.45) is 2.93. The molecule has 0 aliphatic carbocycles. The number of hydrogen-bond acceptors (Lipinski definition) is 3. The standard InChI is InChI=1S/C17H21BrN2O3/c1-3-4-7-10-23-16(21)14-11(2)19-17(22)20-15(14)12-8-5-6-9-13(12)18/h5-6,8-9,15H,3-4,7,10H2,1-2H3,(H2,19,20,22)/t15-/m1/s1. The second-order valence-corrected chi connectivity index (χ2v) is 6.29. The summed E-state index contributed by atoms with van der Waals surface area (Å²) >= 11 is 3.48. The number of benzene rings is 1. The first-order chi connectivity index (χ1) is 11.0. The minimum absolute atomic E-state index is 0.328. The first kappa shape index (κ1) is 17.5. The average molecular weight is 381 g/mol. The zero-order valence-corrected chi connectivity index (χ0v) is 14.9. The van der Waals surface area contributed by atoms with E-state index in [0.29, 0.717) is 17.9 Å². The Morgan fingerprint density at radius 1 is 1.30 bits per heavy atom. The molecule has 0 aromatic heterocycles. The quantitative estimate of drug-likeness (QED) is 0.582. The molecule has 1 aromatic rings. The summed E-state index contributed by atoms with van der Waals surface area (Å²) < 4.78 is 6.21. The third kappa shape index (κ3) is 4.34. The maximum atomic E-state index is 12.5. The molecule has 2 rings (SSSR count). The average Bonchev–Trinajstić information content (AvgIpc) is 2.51. The van der Waals surface area contributed by atoms with Gasteiger partial charge < -0.3 is 15.4 Å². The molecule has 0 fully saturated rings. The van der Waals surface area contributed by atoms with Crippen molar-refractivity contribution in [3.63, 3.8) is 0 Å². The van der Waals surface area contributed by atoms with Crippen molar-refractivity contribution in [1.82, 2.24) is 10.6 Å². The Balaban J connectivity index is 2.25. The highest BCUT2D eigenvalue weighted by atomic mass is 79.9. The topological polar surface area (TPSA) is 67.4 Å². The maximum absolute atomic E-state index is 12.5. The lowest BCUT2D eigenvalue weighted by atomic mass is 9.95. The van der Waals surface area contributed by atoms with Crippen LogP contribution in [0.1, 0.15) is 44.7 Å². The number of hydrogen-bond donors (Lipinski definition) is 2. The van der Waals surface area contributed by atoms with Gasteiger partial charge in [-0.15, -0.1) is 0 Å². The first-order valence-corrected chi connectivity index (χ1v) is 8.53. The van der Waals surface area contributed by atoms with E-state index in [9.17, 15) is 9.59 Å². The third-order valence-corrected chi connectivity index (χ3v) is 4.41. The van der Waals surface area contributed by atoms with Gasteiger partial charge in [0.15, 0.2) is 0 Å². The van der Waals surface area contributed by atoms with Crippen molar-refractivity contribution < 1.29 is 14.3 Å². The van der Waals surface area contributed by atoms with Crippen molar-refractivity contribution in [3.8, 4) is 0 Å². The van der Waals surface area contributed by atoms with Crippen LogP contribution in [0.25, 0.3) is 0 Å². The Morgan fingerprint density at radius 2 is 2.04 bits per heavy atom. The molecule has 0 bridgehead atoms. The van der Waals surface area contributed by atoms with Gasteiger partial charge in [-0.25, -0.2) is 9.59 Å². The van der Waals surface area contributed by atoms with Crippen LogP contribution in [0.5, 0.6) is 0 Å². The molecular weight excluding hydrogens is 360 g/mol. The van der Waals surface area contributed by atoms with Crippen molar-refractivity contribution in [2.45, 2.75) is 39.2 Å². The zero-order chi connectivity index (χ0) is 16.8. The summed E-state index contributed by atoms with van der Waals surface area (Å²) in [7, 11) is 0. The molecule has 124 valence electrons. The fourth-order valence-electron chi connectivity index (χ4n) is 2.50. The van der Waals surface area contributed by atoms with Gasteiger partial charge in [0, 0.05) is 10.2 Å². The van der Waals surface area contributed by atoms with Gasteiger partial charge in [0.25, 0.3) is 0 Å². The van der Waals surface area contributed by atoms with Crippen LogP contribution in [0.15, 0.2) is 40.0 Å². The second kappa shape index (κ2) is 8.15. The second-order valence-electron chi connectivity index (χ2n) is 5.43. The lowest BCUT2D eigenvalue weighted by Crippen LogP contribution is -2.45. The number of rotatable bonds is 6. The van der Waals surface area contributed by atoms with Crippen LogP contribution in [0.4, 0.5) is 4.79 Å². The van der Waals surface area contributed by atoms with E-state index in [1.165, 1.54) is 0 Å². The fraction of sp³-hybridized carbons (Fsp3) is 0.412. The Labute approximate surface area is 144 Å². The van der Waals surface area contributed by atoms with E-state index in [-0.39, 0.29) is 6.03 Å². The Morgan fingerprint density at radius 3 is 2.74 bits per heavy atom. The molecule has 1 atom stereocenters. The summed E-state index contributed by atoms with van der Waals surface area (Å²) in [6, 6.07) is 6.65. The number of amides is 2. The lowest BCUT2D eigenvalue weighted by Gasteiger charge is -2.28. The minimum Gasteiger partial charge on any atom is -0.462 e. The molecule has 1 aliphatic heterocycles. The normalized spacial score (nSPS) is 17.5. The number of carbonyl (C=O) groups is 2. The van der Waals surface area contributed by atoms with E-state index in [2.05, 4.69) is 33.5 Å². The summed E-state index contributed by atoms with van der Waals surface area (Å²) in [5, 5.41) is 5.44. The van der Waals surface area contributed by atoms with Crippen LogP contribution < -0.4 is 10.6 Å². The largest absolute Gasteiger partial charge is 0.462 e. The van der Waals surface area contributed by atoms with Crippen LogP contribution in [-0.4, -0.2) is 18.6 Å². The number of carbonyl (C=O) groups excluding carboxylic acids is 2. The van der Waals surface area contributed by atoms with E-state index >= 15 is 0 Å². The SMILES string of the molecule is CCCCCOC(=O)C1=C(C)NC(=O)N[C@@H]1c1ccccc1Br. The number of urea groups is 1. The molecule has 23 heavy (non-hydrogen) atoms. The fourth-order valence-corrected chi connectivity index (χ4v) is 3.02. The number of halogens is 1. The molecule has 6 heteroatoms. The molecule has 0 spiro atoms. The Hall–Kier alpha value is -1.82. The molecule has 2 amide bonds. The van der Waals surface area contributed by atoms with Crippen molar-refractivity contribution in [2.75, 3.05) is 6.61 Å². The van der Waals surface area contributed by atoms with Gasteiger partial charge in [-0.05, 0) is 25.0 Å². The van der Waals surface area contributed by atoms with Gasteiger partial charge in [0.2, 0.25) is 0 Å². The number of allylic oxidation sites excluding steroid dienone is 1. The van der Waals surface area contributed by atoms with Crippen LogP contribution >= 0.6 is 15.9 Å². The van der Waals surface area contributed by atoms with Gasteiger partial charge in [-0.1, -0.05) is 53.9 Å². The van der Waals surface area contributed by atoms with Gasteiger partial charge in [-0.3, -0.25) is 0 Å². The zero-order valence-electron chi connectivity index (χ0n) is 13.3. The number of esters is 1. The first-order valence-electron chi connectivity index (χ1n) is 7.74. The molecule has 0 saturated carbocycles. The van der Waals surface area contributed by atoms with Gasteiger partial charge >= 0.3 is 12.0 Å². The molecule has 0 saturated heterocycles. The highest BCUT2D eigenvalue weighted by Crippen LogP contribution is 2.32. The summed E-state index contributed by atoms with van der Waals surface area (Å²) in [6.45, 7) is 4.20. The van der Waals surface area contributed by atoms with Crippen molar-refractivity contribution >= 4 is 27.9 Å². The number of unbranched alkanes of at least 4 members (excludes halogenated alkanes) is 2. The van der Waals surface area contributed by atoms with Gasteiger partial charge in [0.05, 0.1) is 18.2 Å². The lowest BCUT2D eigenvalue weighted by molar-refractivity contribution is -0.139. The smallest absolute Gasteiger partial charge is 0.338 e. The van der Waals surface area contributed by atoms with E-state index in [4.69, 9.17) is 4.74 Å². The highest BCUT2D eigenvalue weighted by molar-refractivity contribution is 9.10. The Kier molecular flexibility index (Phi) is 6.21. The molecule has 1 aliphatic rings. The summed E-state index contributed by atoms with van der Waals surface area (Å²) in [5.41, 5.74) is 1.78. The predicted octanol–water partition coefficient (Wildman–Crippen LogP) is 3.81. The molecular formula is C17H21BrN2O3. The van der Waals surface area contributed by atoms with Crippen molar-refractivity contribution in [1.29, 1.82) is 0 Å². The highest BCUT2D eigenvalue weighted by Gasteiger charge is 2.33. The molecule has 2 N–H and O–H groups in total. The van der Waals surface area contributed by atoms with Crippen LogP contribution in [-0.2, 0) is 9.53 Å². The number of ether oxygens (including phenoxy) is 1. The summed E-state index contributed by atoms with van der Waals surface area (Å²) in [5.74, 6) is -0.396. The van der Waals surface area contributed by atoms with Gasteiger partial charge in [-0.2, -0.15) is 0 Å². The van der Waals surface area contributed by atoms with Crippen molar-refractivity contribution in [3.05, 3.63) is 45.6 Å². The summed E-state index contributed by atoms with van der Waals surface area (Å²) in [4.78, 5) is 24.3. The minimum atomic E-state index is -0.530. The third-order valence-electron chi connectivity index (χ3n) is 3.69. The monoisotopic (exact) mass is 380 g/mol.